The molecule has 7 heteroatoms. The Morgan fingerprint density at radius 3 is 2.76 bits per heavy atom. The van der Waals surface area contributed by atoms with Gasteiger partial charge in [-0.2, -0.15) is 0 Å². The summed E-state index contributed by atoms with van der Waals surface area (Å²) < 4.78 is 1.76. The lowest BCUT2D eigenvalue weighted by atomic mass is 9.96. The Morgan fingerprint density at radius 2 is 2.03 bits per heavy atom. The molecule has 0 spiro atoms. The molecule has 0 saturated carbocycles. The second kappa shape index (κ2) is 8.87. The maximum Gasteiger partial charge on any atom is 0.258 e. The van der Waals surface area contributed by atoms with Crippen LogP contribution in [0.15, 0.2) is 48.2 Å². The molecule has 1 amide bonds. The Morgan fingerprint density at radius 1 is 1.28 bits per heavy atom. The molecule has 7 nitrogen and oxygen atoms in total. The largest absolute Gasteiger partial charge is 0.394 e. The van der Waals surface area contributed by atoms with Crippen molar-refractivity contribution in [2.24, 2.45) is 0 Å². The van der Waals surface area contributed by atoms with E-state index in [1.807, 2.05) is 36.2 Å². The first kappa shape index (κ1) is 20.5. The van der Waals surface area contributed by atoms with Gasteiger partial charge in [-0.3, -0.25) is 19.1 Å². The topological polar surface area (TPSA) is 83.4 Å². The zero-order valence-electron chi connectivity index (χ0n) is 16.9. The van der Waals surface area contributed by atoms with Gasteiger partial charge in [-0.15, -0.1) is 0 Å². The molecule has 152 valence electrons. The molecule has 0 saturated heterocycles. The van der Waals surface area contributed by atoms with E-state index in [0.717, 1.165) is 22.2 Å². The molecule has 1 aliphatic heterocycles. The van der Waals surface area contributed by atoms with Gasteiger partial charge >= 0.3 is 0 Å². The third kappa shape index (κ3) is 4.00. The molecule has 2 heterocycles. The first-order chi connectivity index (χ1) is 14.0. The standard InChI is InChI=1S/C22H26N4O3/c1-15(7-6-10-23-2)22(29)26-18-9-5-4-8-16(18)17-13-19(21(28)24-11-12-27)25(3)14-20(17)26/h4-10,12,19,23H,11,13-14H2,1-3H3,(H,24,28)/b10-6-,15-7+. The molecular formula is C22H26N4O3. The van der Waals surface area contributed by atoms with E-state index in [1.165, 1.54) is 0 Å². The Labute approximate surface area is 170 Å². The van der Waals surface area contributed by atoms with Crippen LogP contribution in [-0.4, -0.2) is 54.2 Å². The molecule has 2 aromatic rings. The number of allylic oxidation sites excluding steroid dienone is 3. The maximum absolute atomic E-state index is 13.3. The van der Waals surface area contributed by atoms with Crippen LogP contribution in [0.1, 0.15) is 23.0 Å². The van der Waals surface area contributed by atoms with Gasteiger partial charge in [-0.25, -0.2) is 0 Å². The number of hydrogen-bond donors (Lipinski definition) is 2. The van der Waals surface area contributed by atoms with E-state index in [1.54, 1.807) is 36.9 Å². The summed E-state index contributed by atoms with van der Waals surface area (Å²) in [6, 6.07) is 7.39. The minimum atomic E-state index is -0.382. The van der Waals surface area contributed by atoms with Crippen LogP contribution in [0.5, 0.6) is 0 Å². The molecule has 0 aliphatic carbocycles. The summed E-state index contributed by atoms with van der Waals surface area (Å²) in [6.45, 7) is 2.26. The highest BCUT2D eigenvalue weighted by atomic mass is 16.2. The molecule has 2 N–H and O–H groups in total. The smallest absolute Gasteiger partial charge is 0.258 e. The van der Waals surface area contributed by atoms with Crippen LogP contribution < -0.4 is 10.6 Å². The highest BCUT2D eigenvalue weighted by Gasteiger charge is 2.34. The predicted molar refractivity (Wildman–Crippen MR) is 113 cm³/mol. The highest BCUT2D eigenvalue weighted by Crippen LogP contribution is 2.33. The monoisotopic (exact) mass is 394 g/mol. The lowest BCUT2D eigenvalue weighted by Crippen LogP contribution is -2.49. The van der Waals surface area contributed by atoms with Crippen molar-refractivity contribution in [3.63, 3.8) is 0 Å². The molecule has 0 bridgehead atoms. The number of carbonyl (C=O) groups excluding carboxylic acids is 3. The molecule has 1 aromatic heterocycles. The number of benzene rings is 1. The van der Waals surface area contributed by atoms with Gasteiger partial charge in [0.25, 0.3) is 5.91 Å². The van der Waals surface area contributed by atoms with Crippen molar-refractivity contribution in [3.8, 4) is 0 Å². The van der Waals surface area contributed by atoms with Gasteiger partial charge in [0, 0.05) is 30.2 Å². The average molecular weight is 394 g/mol. The molecule has 1 aliphatic rings. The number of carbonyl (C=O) groups is 3. The van der Waals surface area contributed by atoms with Crippen LogP contribution in [0.3, 0.4) is 0 Å². The van der Waals surface area contributed by atoms with E-state index in [9.17, 15) is 14.4 Å². The molecule has 29 heavy (non-hydrogen) atoms. The van der Waals surface area contributed by atoms with Crippen molar-refractivity contribution in [1.29, 1.82) is 0 Å². The van der Waals surface area contributed by atoms with Gasteiger partial charge < -0.3 is 15.4 Å². The third-order valence-electron chi connectivity index (χ3n) is 5.23. The predicted octanol–water partition coefficient (Wildman–Crippen LogP) is 1.63. The number of rotatable bonds is 6. The summed E-state index contributed by atoms with van der Waals surface area (Å²) >= 11 is 0. The van der Waals surface area contributed by atoms with Crippen LogP contribution >= 0.6 is 0 Å². The number of fused-ring (bicyclic) bond motifs is 3. The summed E-state index contributed by atoms with van der Waals surface area (Å²) in [4.78, 5) is 38.3. The average Bonchev–Trinajstić information content (AvgIpc) is 3.04. The summed E-state index contributed by atoms with van der Waals surface area (Å²) in [5.74, 6) is -0.262. The van der Waals surface area contributed by atoms with Crippen molar-refractivity contribution >= 4 is 29.0 Å². The van der Waals surface area contributed by atoms with Crippen molar-refractivity contribution in [2.75, 3.05) is 20.6 Å². The molecule has 3 rings (SSSR count). The SMILES string of the molecule is CN/C=C\C=C(/C)C(=O)n1c2c(c3ccccc31)CC(C(=O)NCC=O)N(C)C2. The van der Waals surface area contributed by atoms with Gasteiger partial charge in [0.15, 0.2) is 0 Å². The molecule has 0 fully saturated rings. The Kier molecular flexibility index (Phi) is 6.29. The minimum Gasteiger partial charge on any atom is -0.394 e. The second-order valence-electron chi connectivity index (χ2n) is 7.13. The van der Waals surface area contributed by atoms with Gasteiger partial charge in [-0.05, 0) is 44.3 Å². The fraction of sp³-hybridized carbons (Fsp3) is 0.318. The molecule has 0 radical (unpaired) electrons. The highest BCUT2D eigenvalue weighted by molar-refractivity contribution is 6.04. The molecule has 1 unspecified atom stereocenters. The molecule has 1 aromatic carbocycles. The van der Waals surface area contributed by atoms with Crippen molar-refractivity contribution < 1.29 is 14.4 Å². The van der Waals surface area contributed by atoms with Gasteiger partial charge in [-0.1, -0.05) is 24.3 Å². The van der Waals surface area contributed by atoms with Gasteiger partial charge in [0.1, 0.15) is 6.29 Å². The fourth-order valence-corrected chi connectivity index (χ4v) is 3.77. The van der Waals surface area contributed by atoms with Crippen molar-refractivity contribution in [3.05, 3.63) is 59.4 Å². The van der Waals surface area contributed by atoms with E-state index in [2.05, 4.69) is 10.6 Å². The fourth-order valence-electron chi connectivity index (χ4n) is 3.77. The summed E-state index contributed by atoms with van der Waals surface area (Å²) in [6.07, 6.45) is 6.50. The van der Waals surface area contributed by atoms with Crippen LogP contribution in [0.2, 0.25) is 0 Å². The van der Waals surface area contributed by atoms with E-state index in [-0.39, 0.29) is 24.4 Å². The van der Waals surface area contributed by atoms with E-state index < -0.39 is 0 Å². The first-order valence-corrected chi connectivity index (χ1v) is 9.57. The quantitative estimate of drug-likeness (QED) is 0.442. The van der Waals surface area contributed by atoms with E-state index in [4.69, 9.17) is 0 Å². The number of hydrogen-bond acceptors (Lipinski definition) is 5. The lowest BCUT2D eigenvalue weighted by Gasteiger charge is -2.32. The second-order valence-corrected chi connectivity index (χ2v) is 7.13. The van der Waals surface area contributed by atoms with Crippen LogP contribution in [0.4, 0.5) is 0 Å². The summed E-state index contributed by atoms with van der Waals surface area (Å²) in [7, 11) is 3.66. The first-order valence-electron chi connectivity index (χ1n) is 9.57. The molecular weight excluding hydrogens is 368 g/mol. The Bertz CT molecular complexity index is 1000. The number of aldehydes is 1. The number of nitrogens with one attached hydrogen (secondary N) is 2. The number of nitrogens with zero attached hydrogens (tertiary/aromatic N) is 2. The molecule has 1 atom stereocenters. The van der Waals surface area contributed by atoms with E-state index >= 15 is 0 Å². The van der Waals surface area contributed by atoms with E-state index in [0.29, 0.717) is 24.8 Å². The normalized spacial score (nSPS) is 17.3. The number of amides is 1. The van der Waals surface area contributed by atoms with Gasteiger partial charge in [0.2, 0.25) is 5.91 Å². The van der Waals surface area contributed by atoms with Crippen molar-refractivity contribution in [2.45, 2.75) is 25.9 Å². The Balaban J connectivity index is 2.05. The van der Waals surface area contributed by atoms with Crippen LogP contribution in [0, 0.1) is 0 Å². The number of likely N-dealkylation sites (N-methyl/N-ethyl adjacent to an activating group) is 1. The van der Waals surface area contributed by atoms with Crippen LogP contribution in [0.25, 0.3) is 10.9 Å². The summed E-state index contributed by atoms with van der Waals surface area (Å²) in [5.41, 5.74) is 3.38. The van der Waals surface area contributed by atoms with Gasteiger partial charge in [0.05, 0.1) is 18.1 Å². The zero-order chi connectivity index (χ0) is 21.0. The van der Waals surface area contributed by atoms with Crippen molar-refractivity contribution in [1.82, 2.24) is 20.1 Å². The third-order valence-corrected chi connectivity index (χ3v) is 5.23. The summed E-state index contributed by atoms with van der Waals surface area (Å²) in [5, 5.41) is 6.53. The Hall–Kier alpha value is -3.19. The maximum atomic E-state index is 13.3. The van der Waals surface area contributed by atoms with Crippen LogP contribution in [-0.2, 0) is 22.6 Å². The minimum absolute atomic E-state index is 0.000397. The zero-order valence-corrected chi connectivity index (χ0v) is 16.9. The number of aromatic nitrogens is 1. The lowest BCUT2D eigenvalue weighted by molar-refractivity contribution is -0.127. The number of para-hydroxylation sites is 1.